The van der Waals surface area contributed by atoms with Crippen molar-refractivity contribution < 1.29 is 4.79 Å². The molecule has 1 unspecified atom stereocenters. The highest BCUT2D eigenvalue weighted by molar-refractivity contribution is 5.80. The summed E-state index contributed by atoms with van der Waals surface area (Å²) in [5.41, 5.74) is 7.66. The van der Waals surface area contributed by atoms with E-state index in [9.17, 15) is 4.79 Å². The monoisotopic (exact) mass is 189 g/mol. The van der Waals surface area contributed by atoms with Crippen LogP contribution in [-0.4, -0.2) is 5.78 Å². The highest BCUT2D eigenvalue weighted by Crippen LogP contribution is 2.30. The molecule has 2 heteroatoms. The lowest BCUT2D eigenvalue weighted by Gasteiger charge is -2.21. The number of hydrogen-bond donors (Lipinski definition) is 1. The van der Waals surface area contributed by atoms with Gasteiger partial charge in [-0.1, -0.05) is 12.1 Å². The zero-order valence-electron chi connectivity index (χ0n) is 8.20. The SMILES string of the molecule is Nc1ccc(C2CCCC(=O)C2)cc1. The Hall–Kier alpha value is -1.31. The molecular formula is C12H15NO. The number of benzene rings is 1. The lowest BCUT2D eigenvalue weighted by molar-refractivity contribution is -0.120. The van der Waals surface area contributed by atoms with Crippen LogP contribution in [0.5, 0.6) is 0 Å². The summed E-state index contributed by atoms with van der Waals surface area (Å²) < 4.78 is 0. The van der Waals surface area contributed by atoms with Gasteiger partial charge in [0.05, 0.1) is 0 Å². The van der Waals surface area contributed by atoms with Crippen molar-refractivity contribution >= 4 is 11.5 Å². The Kier molecular flexibility index (Phi) is 2.53. The molecule has 0 saturated heterocycles. The smallest absolute Gasteiger partial charge is 0.133 e. The van der Waals surface area contributed by atoms with Gasteiger partial charge in [0.2, 0.25) is 0 Å². The summed E-state index contributed by atoms with van der Waals surface area (Å²) in [7, 11) is 0. The number of hydrogen-bond acceptors (Lipinski definition) is 2. The maximum atomic E-state index is 11.3. The summed E-state index contributed by atoms with van der Waals surface area (Å²) in [5.74, 6) is 0.829. The average molecular weight is 189 g/mol. The third-order valence-corrected chi connectivity index (χ3v) is 2.89. The molecule has 0 aromatic heterocycles. The summed E-state index contributed by atoms with van der Waals surface area (Å²) in [6.07, 6.45) is 3.65. The minimum atomic E-state index is 0.401. The van der Waals surface area contributed by atoms with Crippen LogP contribution in [-0.2, 0) is 4.79 Å². The van der Waals surface area contributed by atoms with Crippen molar-refractivity contribution in [1.29, 1.82) is 0 Å². The number of carbonyl (C=O) groups excluding carboxylic acids is 1. The van der Waals surface area contributed by atoms with E-state index in [2.05, 4.69) is 0 Å². The topological polar surface area (TPSA) is 43.1 Å². The van der Waals surface area contributed by atoms with E-state index < -0.39 is 0 Å². The Labute approximate surface area is 84.1 Å². The van der Waals surface area contributed by atoms with Crippen molar-refractivity contribution in [3.8, 4) is 0 Å². The number of nitrogen functional groups attached to an aromatic ring is 1. The molecular weight excluding hydrogens is 174 g/mol. The Morgan fingerprint density at radius 3 is 2.57 bits per heavy atom. The van der Waals surface area contributed by atoms with Crippen LogP contribution in [0.3, 0.4) is 0 Å². The molecule has 14 heavy (non-hydrogen) atoms. The molecule has 0 spiro atoms. The molecule has 0 heterocycles. The maximum absolute atomic E-state index is 11.3. The largest absolute Gasteiger partial charge is 0.399 e. The molecule has 1 saturated carbocycles. The van der Waals surface area contributed by atoms with Crippen LogP contribution in [0, 0.1) is 0 Å². The average Bonchev–Trinajstić information content (AvgIpc) is 2.19. The van der Waals surface area contributed by atoms with Gasteiger partial charge in [-0.3, -0.25) is 4.79 Å². The fraction of sp³-hybridized carbons (Fsp3) is 0.417. The van der Waals surface area contributed by atoms with Gasteiger partial charge in [0, 0.05) is 18.5 Å². The Balaban J connectivity index is 2.14. The van der Waals surface area contributed by atoms with Gasteiger partial charge in [0.25, 0.3) is 0 Å². The molecule has 1 aromatic rings. The number of rotatable bonds is 1. The molecule has 0 amide bonds. The van der Waals surface area contributed by atoms with E-state index in [0.717, 1.165) is 24.9 Å². The van der Waals surface area contributed by atoms with Gasteiger partial charge in [-0.15, -0.1) is 0 Å². The highest BCUT2D eigenvalue weighted by Gasteiger charge is 2.20. The number of nitrogens with two attached hydrogens (primary N) is 1. The third-order valence-electron chi connectivity index (χ3n) is 2.89. The zero-order chi connectivity index (χ0) is 9.97. The standard InChI is InChI=1S/C12H15NO/c13-11-6-4-9(5-7-11)10-2-1-3-12(14)8-10/h4-7,10H,1-3,8,13H2. The summed E-state index contributed by atoms with van der Waals surface area (Å²) >= 11 is 0. The van der Waals surface area contributed by atoms with Gasteiger partial charge in [0.1, 0.15) is 5.78 Å². The first-order valence-electron chi connectivity index (χ1n) is 5.13. The van der Waals surface area contributed by atoms with Crippen LogP contribution < -0.4 is 5.73 Å². The molecule has 1 atom stereocenters. The summed E-state index contributed by atoms with van der Waals surface area (Å²) in [4.78, 5) is 11.3. The van der Waals surface area contributed by atoms with Crippen molar-refractivity contribution in [2.75, 3.05) is 5.73 Å². The van der Waals surface area contributed by atoms with Crippen molar-refractivity contribution in [3.63, 3.8) is 0 Å². The number of ketones is 1. The minimum Gasteiger partial charge on any atom is -0.399 e. The molecule has 2 N–H and O–H groups in total. The molecule has 1 aromatic carbocycles. The van der Waals surface area contributed by atoms with E-state index in [0.29, 0.717) is 18.1 Å². The van der Waals surface area contributed by atoms with Crippen LogP contribution in [0.2, 0.25) is 0 Å². The predicted octanol–water partition coefficient (Wildman–Crippen LogP) is 2.50. The van der Waals surface area contributed by atoms with Crippen molar-refractivity contribution in [2.24, 2.45) is 0 Å². The Morgan fingerprint density at radius 1 is 1.21 bits per heavy atom. The van der Waals surface area contributed by atoms with E-state index in [-0.39, 0.29) is 0 Å². The molecule has 0 aliphatic heterocycles. The second kappa shape index (κ2) is 3.82. The van der Waals surface area contributed by atoms with Gasteiger partial charge in [-0.05, 0) is 36.5 Å². The van der Waals surface area contributed by atoms with Crippen LogP contribution in [0.25, 0.3) is 0 Å². The number of anilines is 1. The minimum absolute atomic E-state index is 0.401. The van der Waals surface area contributed by atoms with E-state index in [4.69, 9.17) is 5.73 Å². The maximum Gasteiger partial charge on any atom is 0.133 e. The predicted molar refractivity (Wildman–Crippen MR) is 57.1 cm³/mol. The van der Waals surface area contributed by atoms with Crippen molar-refractivity contribution in [2.45, 2.75) is 31.6 Å². The van der Waals surface area contributed by atoms with Gasteiger partial charge < -0.3 is 5.73 Å². The van der Waals surface area contributed by atoms with Crippen LogP contribution in [0.4, 0.5) is 5.69 Å². The van der Waals surface area contributed by atoms with Gasteiger partial charge in [-0.2, -0.15) is 0 Å². The van der Waals surface area contributed by atoms with Gasteiger partial charge >= 0.3 is 0 Å². The van der Waals surface area contributed by atoms with E-state index in [1.54, 1.807) is 0 Å². The summed E-state index contributed by atoms with van der Waals surface area (Å²) in [6.45, 7) is 0. The van der Waals surface area contributed by atoms with E-state index >= 15 is 0 Å². The molecule has 1 fully saturated rings. The first kappa shape index (κ1) is 9.25. The Bertz CT molecular complexity index is 329. The second-order valence-electron chi connectivity index (χ2n) is 4.00. The first-order valence-corrected chi connectivity index (χ1v) is 5.13. The number of Topliss-reactive ketones (excluding diaryl/α,β-unsaturated/α-hetero) is 1. The normalized spacial score (nSPS) is 22.3. The molecule has 0 radical (unpaired) electrons. The summed E-state index contributed by atoms with van der Waals surface area (Å²) in [6, 6.07) is 7.90. The van der Waals surface area contributed by atoms with Gasteiger partial charge in [0.15, 0.2) is 0 Å². The number of carbonyl (C=O) groups is 1. The van der Waals surface area contributed by atoms with Crippen molar-refractivity contribution in [3.05, 3.63) is 29.8 Å². The van der Waals surface area contributed by atoms with E-state index in [1.807, 2.05) is 24.3 Å². The second-order valence-corrected chi connectivity index (χ2v) is 4.00. The van der Waals surface area contributed by atoms with Crippen LogP contribution in [0.15, 0.2) is 24.3 Å². The quantitative estimate of drug-likeness (QED) is 0.690. The van der Waals surface area contributed by atoms with Crippen molar-refractivity contribution in [1.82, 2.24) is 0 Å². The first-order chi connectivity index (χ1) is 6.75. The fourth-order valence-corrected chi connectivity index (χ4v) is 2.08. The fourth-order valence-electron chi connectivity index (χ4n) is 2.08. The van der Waals surface area contributed by atoms with Gasteiger partial charge in [-0.25, -0.2) is 0 Å². The molecule has 2 rings (SSSR count). The van der Waals surface area contributed by atoms with Crippen LogP contribution in [0.1, 0.15) is 37.2 Å². The highest BCUT2D eigenvalue weighted by atomic mass is 16.1. The third kappa shape index (κ3) is 1.95. The summed E-state index contributed by atoms with van der Waals surface area (Å²) in [5, 5.41) is 0. The molecule has 74 valence electrons. The zero-order valence-corrected chi connectivity index (χ0v) is 8.20. The van der Waals surface area contributed by atoms with E-state index in [1.165, 1.54) is 5.56 Å². The lowest BCUT2D eigenvalue weighted by Crippen LogP contribution is -2.13. The molecule has 0 bridgehead atoms. The molecule has 1 aliphatic carbocycles. The molecule has 1 aliphatic rings. The molecule has 2 nitrogen and oxygen atoms in total. The van der Waals surface area contributed by atoms with Crippen LogP contribution >= 0.6 is 0 Å². The lowest BCUT2D eigenvalue weighted by atomic mass is 9.83. The Morgan fingerprint density at radius 2 is 1.93 bits per heavy atom.